The zero-order valence-corrected chi connectivity index (χ0v) is 10.5. The zero-order chi connectivity index (χ0) is 12.6. The van der Waals surface area contributed by atoms with Crippen molar-refractivity contribution in [1.29, 1.82) is 0 Å². The summed E-state index contributed by atoms with van der Waals surface area (Å²) < 4.78 is 5.02. The van der Waals surface area contributed by atoms with Crippen LogP contribution in [0, 0.1) is 6.92 Å². The molecule has 1 aromatic carbocycles. The van der Waals surface area contributed by atoms with Crippen LogP contribution < -0.4 is 5.32 Å². The summed E-state index contributed by atoms with van der Waals surface area (Å²) in [7, 11) is 0. The van der Waals surface area contributed by atoms with Gasteiger partial charge in [-0.1, -0.05) is 47.6 Å². The van der Waals surface area contributed by atoms with Crippen molar-refractivity contribution in [2.75, 3.05) is 13.1 Å². The predicted octanol–water partition coefficient (Wildman–Crippen LogP) is 2.22. The molecule has 2 aromatic rings. The first-order valence-electron chi connectivity index (χ1n) is 6.06. The normalized spacial score (nSPS) is 11.2. The van der Waals surface area contributed by atoms with Crippen LogP contribution in [0.2, 0.25) is 0 Å². The summed E-state index contributed by atoms with van der Waals surface area (Å²) in [5, 5.41) is 7.04. The van der Waals surface area contributed by atoms with Crippen molar-refractivity contribution in [2.45, 2.75) is 13.3 Å². The van der Waals surface area contributed by atoms with Gasteiger partial charge in [0.2, 0.25) is 5.89 Å². The second-order valence-corrected chi connectivity index (χ2v) is 4.00. The van der Waals surface area contributed by atoms with Gasteiger partial charge in [0.1, 0.15) is 0 Å². The fourth-order valence-corrected chi connectivity index (χ4v) is 1.58. The summed E-state index contributed by atoms with van der Waals surface area (Å²) in [5.41, 5.74) is 1.21. The van der Waals surface area contributed by atoms with Gasteiger partial charge in [-0.25, -0.2) is 0 Å². The molecule has 94 valence electrons. The Balaban J connectivity index is 1.63. The lowest BCUT2D eigenvalue weighted by Crippen LogP contribution is -2.17. The highest BCUT2D eigenvalue weighted by atomic mass is 16.5. The van der Waals surface area contributed by atoms with Crippen LogP contribution in [0.5, 0.6) is 0 Å². The number of hydrogen-bond acceptors (Lipinski definition) is 4. The third-order valence-electron chi connectivity index (χ3n) is 2.46. The van der Waals surface area contributed by atoms with E-state index in [1.807, 2.05) is 25.1 Å². The molecule has 0 unspecified atom stereocenters. The minimum Gasteiger partial charge on any atom is -0.339 e. The molecule has 0 spiro atoms. The highest BCUT2D eigenvalue weighted by Crippen LogP contribution is 2.00. The number of aromatic nitrogens is 2. The minimum absolute atomic E-state index is 0.687. The summed E-state index contributed by atoms with van der Waals surface area (Å²) in [6.45, 7) is 3.49. The van der Waals surface area contributed by atoms with E-state index >= 15 is 0 Å². The summed E-state index contributed by atoms with van der Waals surface area (Å²) in [5.74, 6) is 1.38. The summed E-state index contributed by atoms with van der Waals surface area (Å²) in [6, 6.07) is 10.2. The van der Waals surface area contributed by atoms with Gasteiger partial charge in [0.25, 0.3) is 0 Å². The van der Waals surface area contributed by atoms with E-state index in [2.05, 4.69) is 39.7 Å². The third kappa shape index (κ3) is 4.14. The molecule has 0 saturated carbocycles. The average molecular weight is 243 g/mol. The van der Waals surface area contributed by atoms with Crippen molar-refractivity contribution >= 4 is 6.08 Å². The number of benzene rings is 1. The molecule has 4 heteroatoms. The lowest BCUT2D eigenvalue weighted by atomic mass is 10.2. The van der Waals surface area contributed by atoms with Gasteiger partial charge in [-0.2, -0.15) is 4.98 Å². The molecule has 0 saturated heterocycles. The Morgan fingerprint density at radius 1 is 1.28 bits per heavy atom. The quantitative estimate of drug-likeness (QED) is 0.790. The maximum atomic E-state index is 5.02. The lowest BCUT2D eigenvalue weighted by molar-refractivity contribution is 0.373. The van der Waals surface area contributed by atoms with Crippen molar-refractivity contribution in [3.05, 3.63) is 53.7 Å². The number of nitrogens with one attached hydrogen (secondary N) is 1. The minimum atomic E-state index is 0.687. The van der Waals surface area contributed by atoms with Crippen LogP contribution in [-0.4, -0.2) is 23.2 Å². The zero-order valence-electron chi connectivity index (χ0n) is 10.5. The molecule has 18 heavy (non-hydrogen) atoms. The highest BCUT2D eigenvalue weighted by Gasteiger charge is 2.00. The lowest BCUT2D eigenvalue weighted by Gasteiger charge is -1.97. The van der Waals surface area contributed by atoms with Crippen LogP contribution in [0.15, 0.2) is 40.9 Å². The van der Waals surface area contributed by atoms with E-state index in [-0.39, 0.29) is 0 Å². The van der Waals surface area contributed by atoms with Gasteiger partial charge < -0.3 is 9.84 Å². The molecule has 0 fully saturated rings. The van der Waals surface area contributed by atoms with E-state index in [0.29, 0.717) is 11.7 Å². The maximum Gasteiger partial charge on any atom is 0.227 e. The Kier molecular flexibility index (Phi) is 4.67. The van der Waals surface area contributed by atoms with Gasteiger partial charge in [0.15, 0.2) is 5.82 Å². The van der Waals surface area contributed by atoms with Crippen molar-refractivity contribution in [3.63, 3.8) is 0 Å². The first-order valence-corrected chi connectivity index (χ1v) is 6.06. The molecule has 0 aliphatic carbocycles. The van der Waals surface area contributed by atoms with Crippen molar-refractivity contribution in [1.82, 2.24) is 15.5 Å². The van der Waals surface area contributed by atoms with E-state index in [0.717, 1.165) is 19.5 Å². The molecule has 0 radical (unpaired) electrons. The third-order valence-corrected chi connectivity index (χ3v) is 2.46. The molecule has 0 bridgehead atoms. The molecule has 4 nitrogen and oxygen atoms in total. The Labute approximate surface area is 107 Å². The Morgan fingerprint density at radius 3 is 2.83 bits per heavy atom. The molecule has 2 rings (SSSR count). The maximum absolute atomic E-state index is 5.02. The van der Waals surface area contributed by atoms with Gasteiger partial charge in [-0.15, -0.1) is 0 Å². The molecule has 0 aliphatic heterocycles. The van der Waals surface area contributed by atoms with E-state index in [1.54, 1.807) is 0 Å². The Morgan fingerprint density at radius 2 is 2.11 bits per heavy atom. The standard InChI is InChI=1S/C14H17N3O/c1-12-16-14(18-17-12)9-11-15-10-5-8-13-6-3-2-4-7-13/h2-8,15H,9-11H2,1H3/b8-5+. The Hall–Kier alpha value is -1.94. The molecule has 1 aromatic heterocycles. The number of aryl methyl sites for hydroxylation is 1. The van der Waals surface area contributed by atoms with Gasteiger partial charge >= 0.3 is 0 Å². The topological polar surface area (TPSA) is 51.0 Å². The predicted molar refractivity (Wildman–Crippen MR) is 71.1 cm³/mol. The van der Waals surface area contributed by atoms with Gasteiger partial charge in [-0.05, 0) is 12.5 Å². The molecule has 0 amide bonds. The number of hydrogen-bond donors (Lipinski definition) is 1. The van der Waals surface area contributed by atoms with Crippen LogP contribution in [-0.2, 0) is 6.42 Å². The molecular formula is C14H17N3O. The molecular weight excluding hydrogens is 226 g/mol. The van der Waals surface area contributed by atoms with Crippen LogP contribution in [0.4, 0.5) is 0 Å². The molecule has 1 N–H and O–H groups in total. The molecule has 1 heterocycles. The van der Waals surface area contributed by atoms with Crippen molar-refractivity contribution in [3.8, 4) is 0 Å². The SMILES string of the molecule is Cc1noc(CCNC/C=C/c2ccccc2)n1. The second-order valence-electron chi connectivity index (χ2n) is 4.00. The first-order chi connectivity index (χ1) is 8.84. The highest BCUT2D eigenvalue weighted by molar-refractivity contribution is 5.48. The van der Waals surface area contributed by atoms with Crippen LogP contribution in [0.25, 0.3) is 6.08 Å². The molecule has 0 aliphatic rings. The van der Waals surface area contributed by atoms with E-state index in [9.17, 15) is 0 Å². The molecule has 0 atom stereocenters. The van der Waals surface area contributed by atoms with E-state index in [1.165, 1.54) is 5.56 Å². The summed E-state index contributed by atoms with van der Waals surface area (Å²) in [4.78, 5) is 4.14. The second kappa shape index (κ2) is 6.71. The Bertz CT molecular complexity index is 491. The van der Waals surface area contributed by atoms with Gasteiger partial charge in [0.05, 0.1) is 0 Å². The van der Waals surface area contributed by atoms with E-state index in [4.69, 9.17) is 4.52 Å². The summed E-state index contributed by atoms with van der Waals surface area (Å²) >= 11 is 0. The average Bonchev–Trinajstić information content (AvgIpc) is 2.81. The van der Waals surface area contributed by atoms with Crippen LogP contribution in [0.3, 0.4) is 0 Å². The number of nitrogens with zero attached hydrogens (tertiary/aromatic N) is 2. The van der Waals surface area contributed by atoms with Crippen molar-refractivity contribution in [2.24, 2.45) is 0 Å². The van der Waals surface area contributed by atoms with Gasteiger partial charge in [0, 0.05) is 19.5 Å². The van der Waals surface area contributed by atoms with Crippen molar-refractivity contribution < 1.29 is 4.52 Å². The first kappa shape index (κ1) is 12.5. The summed E-state index contributed by atoms with van der Waals surface area (Å²) in [6.07, 6.45) is 4.97. The largest absolute Gasteiger partial charge is 0.339 e. The monoisotopic (exact) mass is 243 g/mol. The van der Waals surface area contributed by atoms with Crippen LogP contribution in [0.1, 0.15) is 17.3 Å². The van der Waals surface area contributed by atoms with Gasteiger partial charge in [-0.3, -0.25) is 0 Å². The van der Waals surface area contributed by atoms with Crippen LogP contribution >= 0.6 is 0 Å². The van der Waals surface area contributed by atoms with E-state index < -0.39 is 0 Å². The smallest absolute Gasteiger partial charge is 0.227 e. The fourth-order valence-electron chi connectivity index (χ4n) is 1.58. The fraction of sp³-hybridized carbons (Fsp3) is 0.286. The number of rotatable bonds is 6.